The van der Waals surface area contributed by atoms with Gasteiger partial charge in [-0.15, -0.1) is 0 Å². The summed E-state index contributed by atoms with van der Waals surface area (Å²) in [6.07, 6.45) is 3.43. The molecule has 11 heavy (non-hydrogen) atoms. The molecule has 1 aromatic heterocycles. The molecule has 0 aliphatic heterocycles. The molecule has 1 heterocycles. The Labute approximate surface area is 66.5 Å². The van der Waals surface area contributed by atoms with Gasteiger partial charge in [0.2, 0.25) is 0 Å². The summed E-state index contributed by atoms with van der Waals surface area (Å²) in [5.41, 5.74) is 0.538. The minimum atomic E-state index is -0.422. The quantitative estimate of drug-likeness (QED) is 0.606. The number of nitrogens with zero attached hydrogens (tertiary/aromatic N) is 2. The minimum absolute atomic E-state index is 0.422. The topological polar surface area (TPSA) is 36.7 Å². The highest BCUT2D eigenvalue weighted by Gasteiger charge is 2.18. The van der Waals surface area contributed by atoms with E-state index in [0.29, 0.717) is 0 Å². The van der Waals surface area contributed by atoms with Crippen LogP contribution in [0.15, 0.2) is 24.5 Å². The highest BCUT2D eigenvalue weighted by Crippen LogP contribution is 2.19. The Balaban J connectivity index is 3.05. The van der Waals surface area contributed by atoms with Crippen molar-refractivity contribution in [2.24, 2.45) is 0 Å². The highest BCUT2D eigenvalue weighted by molar-refractivity contribution is 5.26. The minimum Gasteiger partial charge on any atom is -0.264 e. The van der Waals surface area contributed by atoms with E-state index in [1.807, 2.05) is 26.0 Å². The van der Waals surface area contributed by atoms with Crippen LogP contribution in [0.25, 0.3) is 0 Å². The number of hydrogen-bond donors (Lipinski definition) is 0. The zero-order valence-corrected chi connectivity index (χ0v) is 6.70. The predicted octanol–water partition coefficient (Wildman–Crippen LogP) is 1.88. The number of nitriles is 1. The molecule has 2 nitrogen and oxygen atoms in total. The maximum absolute atomic E-state index is 8.77. The van der Waals surface area contributed by atoms with Crippen LogP contribution in [0.2, 0.25) is 0 Å². The zero-order chi connectivity index (χ0) is 8.32. The summed E-state index contributed by atoms with van der Waals surface area (Å²) in [5.74, 6) is 0. The third-order valence-corrected chi connectivity index (χ3v) is 1.66. The first-order valence-electron chi connectivity index (χ1n) is 3.48. The van der Waals surface area contributed by atoms with Crippen molar-refractivity contribution in [1.82, 2.24) is 4.98 Å². The summed E-state index contributed by atoms with van der Waals surface area (Å²) in [6, 6.07) is 5.97. The van der Waals surface area contributed by atoms with Crippen molar-refractivity contribution in [3.8, 4) is 6.07 Å². The lowest BCUT2D eigenvalue weighted by atomic mass is 9.88. The Morgan fingerprint density at radius 2 is 2.27 bits per heavy atom. The third-order valence-electron chi connectivity index (χ3n) is 1.66. The lowest BCUT2D eigenvalue weighted by Crippen LogP contribution is -2.13. The number of pyridine rings is 1. The lowest BCUT2D eigenvalue weighted by molar-refractivity contribution is 0.683. The predicted molar refractivity (Wildman–Crippen MR) is 42.9 cm³/mol. The maximum atomic E-state index is 8.77. The molecule has 2 heteroatoms. The summed E-state index contributed by atoms with van der Waals surface area (Å²) in [5, 5.41) is 8.77. The van der Waals surface area contributed by atoms with Crippen LogP contribution >= 0.6 is 0 Å². The van der Waals surface area contributed by atoms with Crippen LogP contribution in [0.5, 0.6) is 0 Å². The molecule has 0 bridgehead atoms. The molecule has 0 fully saturated rings. The van der Waals surface area contributed by atoms with E-state index in [9.17, 15) is 0 Å². The molecule has 0 aliphatic carbocycles. The van der Waals surface area contributed by atoms with Gasteiger partial charge in [0.1, 0.15) is 0 Å². The second-order valence-electron chi connectivity index (χ2n) is 2.98. The first-order valence-corrected chi connectivity index (χ1v) is 3.48. The number of hydrogen-bond acceptors (Lipinski definition) is 2. The summed E-state index contributed by atoms with van der Waals surface area (Å²) in [6.45, 7) is 3.76. The second kappa shape index (κ2) is 2.71. The van der Waals surface area contributed by atoms with Gasteiger partial charge in [0, 0.05) is 12.4 Å². The fraction of sp³-hybridized carbons (Fsp3) is 0.333. The molecular formula is C9H10N2. The van der Waals surface area contributed by atoms with E-state index in [2.05, 4.69) is 11.1 Å². The lowest BCUT2D eigenvalue weighted by Gasteiger charge is -2.13. The zero-order valence-electron chi connectivity index (χ0n) is 6.70. The molecule has 0 atom stereocenters. The molecule has 0 spiro atoms. The second-order valence-corrected chi connectivity index (χ2v) is 2.98. The van der Waals surface area contributed by atoms with E-state index in [1.54, 1.807) is 12.4 Å². The molecule has 1 rings (SSSR count). The first-order chi connectivity index (χ1) is 5.17. The van der Waals surface area contributed by atoms with Gasteiger partial charge in [0.05, 0.1) is 11.5 Å². The summed E-state index contributed by atoms with van der Waals surface area (Å²) < 4.78 is 0. The van der Waals surface area contributed by atoms with Crippen LogP contribution in [-0.2, 0) is 5.41 Å². The van der Waals surface area contributed by atoms with Gasteiger partial charge in [0.15, 0.2) is 0 Å². The molecule has 0 saturated carbocycles. The van der Waals surface area contributed by atoms with E-state index in [1.165, 1.54) is 0 Å². The van der Waals surface area contributed by atoms with E-state index >= 15 is 0 Å². The highest BCUT2D eigenvalue weighted by atomic mass is 14.6. The number of rotatable bonds is 1. The smallest absolute Gasteiger partial charge is 0.0781 e. The van der Waals surface area contributed by atoms with Gasteiger partial charge in [-0.2, -0.15) is 5.26 Å². The third kappa shape index (κ3) is 1.56. The van der Waals surface area contributed by atoms with E-state index in [4.69, 9.17) is 5.26 Å². The molecule has 0 N–H and O–H groups in total. The van der Waals surface area contributed by atoms with Crippen LogP contribution in [0, 0.1) is 11.3 Å². The molecule has 0 aromatic carbocycles. The van der Waals surface area contributed by atoms with Crippen LogP contribution in [0.3, 0.4) is 0 Å². The summed E-state index contributed by atoms with van der Waals surface area (Å²) in [7, 11) is 0. The van der Waals surface area contributed by atoms with Crippen LogP contribution in [0.4, 0.5) is 0 Å². The Morgan fingerprint density at radius 3 is 2.73 bits per heavy atom. The fourth-order valence-electron chi connectivity index (χ4n) is 0.797. The molecule has 0 radical (unpaired) electrons. The average molecular weight is 146 g/mol. The average Bonchev–Trinajstić information content (AvgIpc) is 2.06. The van der Waals surface area contributed by atoms with Gasteiger partial charge in [-0.25, -0.2) is 0 Å². The SMILES string of the molecule is CC(C)(C#N)c1cccnc1. The monoisotopic (exact) mass is 146 g/mol. The van der Waals surface area contributed by atoms with E-state index < -0.39 is 5.41 Å². The summed E-state index contributed by atoms with van der Waals surface area (Å²) in [4.78, 5) is 3.95. The van der Waals surface area contributed by atoms with Crippen LogP contribution < -0.4 is 0 Å². The van der Waals surface area contributed by atoms with Crippen LogP contribution in [0.1, 0.15) is 19.4 Å². The van der Waals surface area contributed by atoms with Gasteiger partial charge in [0.25, 0.3) is 0 Å². The summed E-state index contributed by atoms with van der Waals surface area (Å²) >= 11 is 0. The Kier molecular flexibility index (Phi) is 1.91. The Morgan fingerprint density at radius 1 is 1.55 bits per heavy atom. The van der Waals surface area contributed by atoms with Gasteiger partial charge >= 0.3 is 0 Å². The van der Waals surface area contributed by atoms with Gasteiger partial charge in [-0.3, -0.25) is 4.98 Å². The standard InChI is InChI=1S/C9H10N2/c1-9(2,7-10)8-4-3-5-11-6-8/h3-6H,1-2H3. The van der Waals surface area contributed by atoms with Gasteiger partial charge in [-0.05, 0) is 25.5 Å². The van der Waals surface area contributed by atoms with Crippen molar-refractivity contribution in [2.75, 3.05) is 0 Å². The van der Waals surface area contributed by atoms with Crippen molar-refractivity contribution in [2.45, 2.75) is 19.3 Å². The molecular weight excluding hydrogens is 136 g/mol. The largest absolute Gasteiger partial charge is 0.264 e. The van der Waals surface area contributed by atoms with Gasteiger partial charge < -0.3 is 0 Å². The fourth-order valence-corrected chi connectivity index (χ4v) is 0.797. The van der Waals surface area contributed by atoms with Gasteiger partial charge in [-0.1, -0.05) is 6.07 Å². The number of aromatic nitrogens is 1. The first kappa shape index (κ1) is 7.74. The molecule has 56 valence electrons. The van der Waals surface area contributed by atoms with Crippen molar-refractivity contribution in [3.05, 3.63) is 30.1 Å². The van der Waals surface area contributed by atoms with Crippen molar-refractivity contribution in [1.29, 1.82) is 5.26 Å². The van der Waals surface area contributed by atoms with E-state index in [-0.39, 0.29) is 0 Å². The molecule has 1 aromatic rings. The van der Waals surface area contributed by atoms with Crippen molar-refractivity contribution < 1.29 is 0 Å². The van der Waals surface area contributed by atoms with Crippen LogP contribution in [-0.4, -0.2) is 4.98 Å². The van der Waals surface area contributed by atoms with Crippen molar-refractivity contribution >= 4 is 0 Å². The Bertz CT molecular complexity index is 269. The Hall–Kier alpha value is -1.36. The normalized spacial score (nSPS) is 10.6. The molecule has 0 amide bonds. The molecule has 0 aliphatic rings. The maximum Gasteiger partial charge on any atom is 0.0781 e. The van der Waals surface area contributed by atoms with Crippen molar-refractivity contribution in [3.63, 3.8) is 0 Å². The molecule has 0 unspecified atom stereocenters. The van der Waals surface area contributed by atoms with E-state index in [0.717, 1.165) is 5.56 Å². The molecule has 0 saturated heterocycles.